The molecular weight excluding hydrogens is 773 g/mol. The number of nitrogens with zero attached hydrogens (tertiary/aromatic N) is 2. The summed E-state index contributed by atoms with van der Waals surface area (Å²) >= 11 is 0. The summed E-state index contributed by atoms with van der Waals surface area (Å²) in [6, 6.07) is 78.7. The van der Waals surface area contributed by atoms with Gasteiger partial charge in [-0.15, -0.1) is 0 Å². The zero-order chi connectivity index (χ0) is 43.8. The third kappa shape index (κ3) is 9.58. The summed E-state index contributed by atoms with van der Waals surface area (Å²) in [6.45, 7) is 8.69. The van der Waals surface area contributed by atoms with Crippen LogP contribution in [0.3, 0.4) is 0 Å². The minimum atomic E-state index is 1.12. The van der Waals surface area contributed by atoms with Gasteiger partial charge in [-0.3, -0.25) is 0 Å². The van der Waals surface area contributed by atoms with E-state index in [1.165, 1.54) is 67.0 Å². The average Bonchev–Trinajstić information content (AvgIpc) is 3.34. The van der Waals surface area contributed by atoms with E-state index in [4.69, 9.17) is 0 Å². The van der Waals surface area contributed by atoms with Crippen LogP contribution in [0.1, 0.15) is 44.5 Å². The molecule has 0 aromatic heterocycles. The lowest BCUT2D eigenvalue weighted by atomic mass is 9.99. The maximum atomic E-state index is 2.36. The van der Waals surface area contributed by atoms with Crippen molar-refractivity contribution in [1.29, 1.82) is 0 Å². The van der Waals surface area contributed by atoms with Crippen LogP contribution in [-0.2, 0) is 0 Å². The van der Waals surface area contributed by atoms with Crippen molar-refractivity contribution >= 4 is 58.4 Å². The number of aryl methyl sites for hydroxylation is 4. The summed E-state index contributed by atoms with van der Waals surface area (Å²) in [5, 5.41) is 0. The van der Waals surface area contributed by atoms with Gasteiger partial charge in [0.05, 0.1) is 0 Å². The third-order valence-electron chi connectivity index (χ3n) is 11.8. The fourth-order valence-electron chi connectivity index (χ4n) is 8.41. The van der Waals surface area contributed by atoms with Gasteiger partial charge in [-0.05, 0) is 144 Å². The Bertz CT molecular complexity index is 2810. The predicted molar refractivity (Wildman–Crippen MR) is 276 cm³/mol. The van der Waals surface area contributed by atoms with E-state index in [1.807, 2.05) is 12.1 Å². The van der Waals surface area contributed by atoms with Gasteiger partial charge in [0.15, 0.2) is 0 Å². The predicted octanol–water partition coefficient (Wildman–Crippen LogP) is 17.5. The Morgan fingerprint density at radius 2 is 0.531 bits per heavy atom. The molecule has 0 bridgehead atoms. The third-order valence-corrected chi connectivity index (χ3v) is 11.8. The Kier molecular flexibility index (Phi) is 12.3. The van der Waals surface area contributed by atoms with Gasteiger partial charge in [0, 0.05) is 34.1 Å². The van der Waals surface area contributed by atoms with Gasteiger partial charge in [0.2, 0.25) is 0 Å². The smallest absolute Gasteiger partial charge is 0.0490 e. The molecule has 0 saturated heterocycles. The molecule has 0 atom stereocenters. The lowest BCUT2D eigenvalue weighted by Crippen LogP contribution is -2.11. The quantitative estimate of drug-likeness (QED) is 0.113. The van der Waals surface area contributed by atoms with Crippen molar-refractivity contribution in [2.45, 2.75) is 27.7 Å². The molecule has 0 N–H and O–H groups in total. The Hall–Kier alpha value is -7.94. The summed E-state index contributed by atoms with van der Waals surface area (Å²) in [4.78, 5) is 4.72. The molecule has 0 aliphatic carbocycles. The molecule has 0 spiro atoms. The minimum absolute atomic E-state index is 1.12. The molecular formula is C62H52N2. The van der Waals surface area contributed by atoms with Gasteiger partial charge in [0.25, 0.3) is 0 Å². The van der Waals surface area contributed by atoms with E-state index in [2.05, 4.69) is 268 Å². The molecule has 9 aromatic rings. The molecule has 0 fully saturated rings. The van der Waals surface area contributed by atoms with Crippen LogP contribution in [0.2, 0.25) is 0 Å². The largest absolute Gasteiger partial charge is 0.310 e. The van der Waals surface area contributed by atoms with E-state index in [0.717, 1.165) is 33.9 Å². The molecule has 0 radical (unpaired) electrons. The van der Waals surface area contributed by atoms with Crippen molar-refractivity contribution in [2.75, 3.05) is 9.80 Å². The second kappa shape index (κ2) is 19.0. The molecule has 9 rings (SSSR count). The van der Waals surface area contributed by atoms with Crippen LogP contribution in [0, 0.1) is 27.7 Å². The van der Waals surface area contributed by atoms with Gasteiger partial charge >= 0.3 is 0 Å². The molecule has 64 heavy (non-hydrogen) atoms. The topological polar surface area (TPSA) is 6.48 Å². The van der Waals surface area contributed by atoms with E-state index in [1.54, 1.807) is 0 Å². The second-order valence-electron chi connectivity index (χ2n) is 16.6. The van der Waals surface area contributed by atoms with Crippen LogP contribution in [0.5, 0.6) is 0 Å². The maximum Gasteiger partial charge on any atom is 0.0490 e. The van der Waals surface area contributed by atoms with Crippen molar-refractivity contribution in [2.24, 2.45) is 0 Å². The Morgan fingerprint density at radius 1 is 0.266 bits per heavy atom. The lowest BCUT2D eigenvalue weighted by Gasteiger charge is -2.27. The van der Waals surface area contributed by atoms with Crippen LogP contribution in [0.4, 0.5) is 34.1 Å². The van der Waals surface area contributed by atoms with Crippen molar-refractivity contribution in [3.63, 3.8) is 0 Å². The molecule has 0 amide bonds. The van der Waals surface area contributed by atoms with E-state index in [9.17, 15) is 0 Å². The standard InChI is InChI=1S/C62H52N2/c1-45-15-41-61(47(3)43-45)63(57-33-21-51(22-34-57)19-17-49-11-7-5-8-12-49)59-37-29-55(30-38-59)53-25-27-54(28-26-53)56-31-39-60(40-32-56)64(62-42-16-46(2)44-48(62)4)58-35-23-52(24-36-58)20-18-50-13-9-6-10-14-50/h5-44H,1-4H3/b19-17+,20-18+. The number of hydrogen-bond donors (Lipinski definition) is 0. The number of hydrogen-bond acceptors (Lipinski definition) is 2. The van der Waals surface area contributed by atoms with Crippen LogP contribution in [0.15, 0.2) is 218 Å². The van der Waals surface area contributed by atoms with Crippen molar-refractivity contribution in [1.82, 2.24) is 0 Å². The van der Waals surface area contributed by atoms with Gasteiger partial charge in [-0.25, -0.2) is 0 Å². The molecule has 2 nitrogen and oxygen atoms in total. The van der Waals surface area contributed by atoms with E-state index < -0.39 is 0 Å². The Labute approximate surface area is 379 Å². The average molecular weight is 825 g/mol. The molecule has 0 heterocycles. The van der Waals surface area contributed by atoms with Crippen molar-refractivity contribution in [3.8, 4) is 22.3 Å². The maximum absolute atomic E-state index is 2.36. The van der Waals surface area contributed by atoms with Gasteiger partial charge in [-0.1, -0.05) is 193 Å². The highest BCUT2D eigenvalue weighted by molar-refractivity contribution is 5.83. The summed E-state index contributed by atoms with van der Waals surface area (Å²) < 4.78 is 0. The van der Waals surface area contributed by atoms with Crippen LogP contribution in [-0.4, -0.2) is 0 Å². The zero-order valence-electron chi connectivity index (χ0n) is 37.0. The molecule has 0 aliphatic rings. The fourth-order valence-corrected chi connectivity index (χ4v) is 8.41. The zero-order valence-corrected chi connectivity index (χ0v) is 37.0. The summed E-state index contributed by atoms with van der Waals surface area (Å²) in [5.41, 5.74) is 21.2. The van der Waals surface area contributed by atoms with E-state index >= 15 is 0 Å². The highest BCUT2D eigenvalue weighted by atomic mass is 15.1. The first-order valence-electron chi connectivity index (χ1n) is 22.1. The number of anilines is 6. The Morgan fingerprint density at radius 3 is 0.828 bits per heavy atom. The summed E-state index contributed by atoms with van der Waals surface area (Å²) in [7, 11) is 0. The highest BCUT2D eigenvalue weighted by Gasteiger charge is 2.17. The highest BCUT2D eigenvalue weighted by Crippen LogP contribution is 2.40. The van der Waals surface area contributed by atoms with Crippen molar-refractivity contribution in [3.05, 3.63) is 263 Å². The van der Waals surface area contributed by atoms with Gasteiger partial charge in [0.1, 0.15) is 0 Å². The van der Waals surface area contributed by atoms with E-state index in [-0.39, 0.29) is 0 Å². The van der Waals surface area contributed by atoms with Crippen molar-refractivity contribution < 1.29 is 0 Å². The first-order valence-corrected chi connectivity index (χ1v) is 22.1. The number of benzene rings is 9. The van der Waals surface area contributed by atoms with E-state index in [0.29, 0.717) is 0 Å². The molecule has 9 aromatic carbocycles. The van der Waals surface area contributed by atoms with Gasteiger partial charge < -0.3 is 9.80 Å². The van der Waals surface area contributed by atoms with Crippen LogP contribution < -0.4 is 9.80 Å². The van der Waals surface area contributed by atoms with Gasteiger partial charge in [-0.2, -0.15) is 0 Å². The second-order valence-corrected chi connectivity index (χ2v) is 16.6. The van der Waals surface area contributed by atoms with Crippen LogP contribution >= 0.6 is 0 Å². The SMILES string of the molecule is Cc1ccc(N(c2ccc(/C=C/c3ccccc3)cc2)c2ccc(-c3ccc(-c4ccc(N(c5ccc(/C=C/c6ccccc6)cc5)c5ccc(C)cc5C)cc4)cc3)cc2)c(C)c1. The molecule has 0 saturated carbocycles. The van der Waals surface area contributed by atoms with Crippen LogP contribution in [0.25, 0.3) is 46.6 Å². The molecule has 0 unspecified atom stereocenters. The number of rotatable bonds is 12. The normalized spacial score (nSPS) is 11.3. The monoisotopic (exact) mass is 824 g/mol. The fraction of sp³-hybridized carbons (Fsp3) is 0.0645. The lowest BCUT2D eigenvalue weighted by molar-refractivity contribution is 1.24. The summed E-state index contributed by atoms with van der Waals surface area (Å²) in [5.74, 6) is 0. The minimum Gasteiger partial charge on any atom is -0.310 e. The first-order chi connectivity index (χ1) is 31.3. The summed E-state index contributed by atoms with van der Waals surface area (Å²) in [6.07, 6.45) is 8.66. The molecule has 310 valence electrons. The molecule has 2 heteroatoms. The molecule has 0 aliphatic heterocycles. The Balaban J connectivity index is 0.945. The first kappa shape index (κ1) is 41.4.